The third-order valence-electron chi connectivity index (χ3n) is 8.91. The van der Waals surface area contributed by atoms with Gasteiger partial charge >= 0.3 is 11.9 Å². The zero-order valence-electron chi connectivity index (χ0n) is 30.0. The second-order valence-electron chi connectivity index (χ2n) is 13.1. The van der Waals surface area contributed by atoms with Crippen molar-refractivity contribution in [1.82, 2.24) is 0 Å². The van der Waals surface area contributed by atoms with Crippen LogP contribution in [0, 0.1) is 0 Å². The van der Waals surface area contributed by atoms with Crippen molar-refractivity contribution in [3.63, 3.8) is 0 Å². The summed E-state index contributed by atoms with van der Waals surface area (Å²) in [5.41, 5.74) is 0.518. The molecule has 0 saturated carbocycles. The average molecular weight is 651 g/mol. The van der Waals surface area contributed by atoms with Crippen LogP contribution in [0.15, 0.2) is 48.5 Å². The van der Waals surface area contributed by atoms with Crippen molar-refractivity contribution in [3.05, 3.63) is 59.7 Å². The largest absolute Gasteiger partial charge is 0.493 e. The minimum absolute atomic E-state index is 0.259. The van der Waals surface area contributed by atoms with Crippen molar-refractivity contribution in [1.29, 1.82) is 0 Å². The molecule has 5 heteroatoms. The minimum Gasteiger partial charge on any atom is -0.493 e. The van der Waals surface area contributed by atoms with Crippen molar-refractivity contribution in [2.24, 2.45) is 0 Å². The molecule has 0 amide bonds. The molecule has 2 aromatic rings. The van der Waals surface area contributed by atoms with E-state index in [0.29, 0.717) is 24.7 Å². The quantitative estimate of drug-likeness (QED) is 0.0478. The number of benzene rings is 2. The van der Waals surface area contributed by atoms with E-state index in [-0.39, 0.29) is 11.1 Å². The summed E-state index contributed by atoms with van der Waals surface area (Å²) in [5.74, 6) is -0.526. The Balaban J connectivity index is 1.64. The van der Waals surface area contributed by atoms with Gasteiger partial charge in [0, 0.05) is 0 Å². The van der Waals surface area contributed by atoms with Crippen molar-refractivity contribution in [3.8, 4) is 11.5 Å². The summed E-state index contributed by atoms with van der Waals surface area (Å²) < 4.78 is 17.2. The molecule has 2 rings (SSSR count). The summed E-state index contributed by atoms with van der Waals surface area (Å²) in [7, 11) is 0. The van der Waals surface area contributed by atoms with Crippen LogP contribution in [0.1, 0.15) is 189 Å². The minimum atomic E-state index is -0.712. The third kappa shape index (κ3) is 19.6. The number of para-hydroxylation sites is 2. The Bertz CT molecular complexity index is 981. The van der Waals surface area contributed by atoms with Gasteiger partial charge in [-0.15, -0.1) is 0 Å². The lowest BCUT2D eigenvalue weighted by Gasteiger charge is -2.12. The van der Waals surface area contributed by atoms with Crippen molar-refractivity contribution >= 4 is 11.9 Å². The fraction of sp³-hybridized carbons (Fsp3) is 0.667. The van der Waals surface area contributed by atoms with Gasteiger partial charge in [0.25, 0.3) is 0 Å². The summed E-state index contributed by atoms with van der Waals surface area (Å²) in [5, 5.41) is 0. The summed E-state index contributed by atoms with van der Waals surface area (Å²) >= 11 is 0. The van der Waals surface area contributed by atoms with E-state index in [1.54, 1.807) is 36.4 Å². The van der Waals surface area contributed by atoms with Gasteiger partial charge in [-0.2, -0.15) is 0 Å². The molecule has 5 nitrogen and oxygen atoms in total. The Hall–Kier alpha value is -2.82. The second kappa shape index (κ2) is 28.2. The highest BCUT2D eigenvalue weighted by Crippen LogP contribution is 2.24. The van der Waals surface area contributed by atoms with Crippen LogP contribution >= 0.6 is 0 Å². The highest BCUT2D eigenvalue weighted by atomic mass is 16.6. The van der Waals surface area contributed by atoms with E-state index in [2.05, 4.69) is 13.8 Å². The lowest BCUT2D eigenvalue weighted by atomic mass is 10.1. The molecule has 264 valence electrons. The Labute approximate surface area is 287 Å². The summed E-state index contributed by atoms with van der Waals surface area (Å²) in [6.45, 7) is 5.59. The first kappa shape index (κ1) is 40.4. The fourth-order valence-corrected chi connectivity index (χ4v) is 5.97. The second-order valence-corrected chi connectivity index (χ2v) is 13.1. The lowest BCUT2D eigenvalue weighted by Crippen LogP contribution is -2.15. The van der Waals surface area contributed by atoms with E-state index in [1.165, 1.54) is 128 Å². The van der Waals surface area contributed by atoms with Gasteiger partial charge in [0.2, 0.25) is 0 Å². The summed E-state index contributed by atoms with van der Waals surface area (Å²) in [4.78, 5) is 26.0. The molecule has 0 aliphatic heterocycles. The monoisotopic (exact) mass is 650 g/mol. The molecule has 0 aliphatic carbocycles. The molecule has 47 heavy (non-hydrogen) atoms. The maximum atomic E-state index is 13.0. The van der Waals surface area contributed by atoms with Gasteiger partial charge in [-0.05, 0) is 37.1 Å². The first-order chi connectivity index (χ1) is 23.2. The zero-order chi connectivity index (χ0) is 33.6. The molecule has 0 atom stereocenters. The van der Waals surface area contributed by atoms with E-state index in [9.17, 15) is 9.59 Å². The molecule has 0 bridgehead atoms. The number of carbonyl (C=O) groups excluding carboxylic acids is 2. The summed E-state index contributed by atoms with van der Waals surface area (Å²) in [6.07, 6.45) is 30.7. The number of hydrogen-bond donors (Lipinski definition) is 0. The van der Waals surface area contributed by atoms with Crippen LogP contribution in [0.2, 0.25) is 0 Å². The molecular formula is C42H66O5. The molecule has 0 N–H and O–H groups in total. The number of carbonyl (C=O) groups is 2. The first-order valence-electron chi connectivity index (χ1n) is 19.4. The van der Waals surface area contributed by atoms with Crippen LogP contribution in [0.3, 0.4) is 0 Å². The van der Waals surface area contributed by atoms with Gasteiger partial charge in [-0.1, -0.05) is 179 Å². The number of ether oxygens (including phenoxy) is 3. The van der Waals surface area contributed by atoms with Gasteiger partial charge in [0.05, 0.1) is 13.2 Å². The Morgan fingerprint density at radius 3 is 1.00 bits per heavy atom. The smallest absolute Gasteiger partial charge is 0.349 e. The predicted molar refractivity (Wildman–Crippen MR) is 196 cm³/mol. The molecule has 0 spiro atoms. The molecule has 0 saturated heterocycles. The molecule has 0 fully saturated rings. The van der Waals surface area contributed by atoms with Crippen LogP contribution in [-0.4, -0.2) is 25.2 Å². The standard InChI is InChI=1S/C42H66O5/c1-3-5-7-9-11-13-15-17-19-21-23-29-35-45-39-33-27-25-31-37(39)41(43)47-42(44)38-32-26-28-34-40(38)46-36-30-24-22-20-18-16-14-12-10-8-6-4-2/h25-28,31-34H,3-24,29-30,35-36H2,1-2H3. The average Bonchev–Trinajstić information content (AvgIpc) is 3.09. The Kier molecular flexibility index (Phi) is 24.2. The SMILES string of the molecule is CCCCCCCCCCCCCCOc1ccccc1C(=O)OC(=O)c1ccccc1OCCCCCCCCCCCCCC. The fourth-order valence-electron chi connectivity index (χ4n) is 5.97. The highest BCUT2D eigenvalue weighted by molar-refractivity contribution is 6.04. The number of unbranched alkanes of at least 4 members (excludes halogenated alkanes) is 22. The maximum Gasteiger partial charge on any atom is 0.349 e. The third-order valence-corrected chi connectivity index (χ3v) is 8.91. The van der Waals surface area contributed by atoms with Crippen LogP contribution < -0.4 is 9.47 Å². The predicted octanol–water partition coefficient (Wildman–Crippen LogP) is 12.8. The molecule has 0 radical (unpaired) electrons. The van der Waals surface area contributed by atoms with Gasteiger partial charge in [-0.3, -0.25) is 0 Å². The van der Waals surface area contributed by atoms with E-state index in [4.69, 9.17) is 14.2 Å². The van der Waals surface area contributed by atoms with Crippen molar-refractivity contribution < 1.29 is 23.8 Å². The van der Waals surface area contributed by atoms with Gasteiger partial charge < -0.3 is 14.2 Å². The van der Waals surface area contributed by atoms with E-state index in [1.807, 2.05) is 12.1 Å². The Morgan fingerprint density at radius 2 is 0.681 bits per heavy atom. The van der Waals surface area contributed by atoms with E-state index in [0.717, 1.165) is 25.7 Å². The van der Waals surface area contributed by atoms with Crippen LogP contribution in [0.5, 0.6) is 11.5 Å². The number of rotatable bonds is 30. The Morgan fingerprint density at radius 1 is 0.404 bits per heavy atom. The van der Waals surface area contributed by atoms with Crippen LogP contribution in [-0.2, 0) is 4.74 Å². The van der Waals surface area contributed by atoms with Gasteiger partial charge in [0.1, 0.15) is 22.6 Å². The molecule has 0 heterocycles. The summed E-state index contributed by atoms with van der Waals surface area (Å²) in [6, 6.07) is 14.0. The van der Waals surface area contributed by atoms with Crippen molar-refractivity contribution in [2.75, 3.05) is 13.2 Å². The van der Waals surface area contributed by atoms with Gasteiger partial charge in [0.15, 0.2) is 0 Å². The number of esters is 2. The number of hydrogen-bond acceptors (Lipinski definition) is 5. The lowest BCUT2D eigenvalue weighted by molar-refractivity contribution is 0.0392. The highest BCUT2D eigenvalue weighted by Gasteiger charge is 2.21. The topological polar surface area (TPSA) is 61.8 Å². The molecule has 0 aliphatic rings. The maximum absolute atomic E-state index is 13.0. The van der Waals surface area contributed by atoms with Crippen LogP contribution in [0.25, 0.3) is 0 Å². The van der Waals surface area contributed by atoms with Crippen LogP contribution in [0.4, 0.5) is 0 Å². The molecule has 2 aromatic carbocycles. The normalized spacial score (nSPS) is 11.0. The first-order valence-corrected chi connectivity index (χ1v) is 19.4. The van der Waals surface area contributed by atoms with E-state index >= 15 is 0 Å². The molecular weight excluding hydrogens is 584 g/mol. The molecule has 0 aromatic heterocycles. The van der Waals surface area contributed by atoms with E-state index < -0.39 is 11.9 Å². The van der Waals surface area contributed by atoms with Gasteiger partial charge in [-0.25, -0.2) is 9.59 Å². The van der Waals surface area contributed by atoms with Crippen molar-refractivity contribution in [2.45, 2.75) is 168 Å². The zero-order valence-corrected chi connectivity index (χ0v) is 30.0. The molecule has 0 unspecified atom stereocenters.